The molecule has 134 valence electrons. The molecule has 4 bridgehead atoms. The SMILES string of the molecule is O=[N+]([O-])c1ccc(OC23CC4CC(CC(C4)C2c2ccccc2)C3)cc1. The lowest BCUT2D eigenvalue weighted by molar-refractivity contribution is -0.384. The maximum absolute atomic E-state index is 10.9. The van der Waals surface area contributed by atoms with Gasteiger partial charge in [0.25, 0.3) is 5.69 Å². The van der Waals surface area contributed by atoms with Crippen molar-refractivity contribution in [2.75, 3.05) is 0 Å². The molecule has 4 aliphatic carbocycles. The standard InChI is InChI=1S/C22H23NO3/c24-23(25)19-6-8-20(9-7-19)26-22-13-15-10-16(14-22)12-18(11-15)21(22)17-4-2-1-3-5-17/h1-9,15-16,18,21H,10-14H2. The van der Waals surface area contributed by atoms with E-state index >= 15 is 0 Å². The van der Waals surface area contributed by atoms with Crippen LogP contribution in [0.2, 0.25) is 0 Å². The maximum Gasteiger partial charge on any atom is 0.269 e. The van der Waals surface area contributed by atoms with Gasteiger partial charge in [0.15, 0.2) is 0 Å². The minimum atomic E-state index is -0.360. The van der Waals surface area contributed by atoms with Crippen molar-refractivity contribution in [1.29, 1.82) is 0 Å². The van der Waals surface area contributed by atoms with Gasteiger partial charge in [-0.3, -0.25) is 10.1 Å². The Bertz CT molecular complexity index is 803. The van der Waals surface area contributed by atoms with E-state index in [-0.39, 0.29) is 16.2 Å². The predicted octanol–water partition coefficient (Wildman–Crippen LogP) is 5.34. The molecule has 0 aliphatic heterocycles. The molecule has 4 nitrogen and oxygen atoms in total. The van der Waals surface area contributed by atoms with Crippen LogP contribution in [0.3, 0.4) is 0 Å². The summed E-state index contributed by atoms with van der Waals surface area (Å²) in [7, 11) is 0. The van der Waals surface area contributed by atoms with Gasteiger partial charge in [0.1, 0.15) is 11.4 Å². The summed E-state index contributed by atoms with van der Waals surface area (Å²) in [5.74, 6) is 3.42. The third kappa shape index (κ3) is 2.51. The number of benzene rings is 2. The number of rotatable bonds is 4. The lowest BCUT2D eigenvalue weighted by Crippen LogP contribution is -2.58. The largest absolute Gasteiger partial charge is 0.487 e. The van der Waals surface area contributed by atoms with E-state index in [1.165, 1.54) is 24.8 Å². The molecule has 2 aromatic carbocycles. The monoisotopic (exact) mass is 349 g/mol. The fourth-order valence-corrected chi connectivity index (χ4v) is 6.22. The van der Waals surface area contributed by atoms with Gasteiger partial charge in [-0.2, -0.15) is 0 Å². The van der Waals surface area contributed by atoms with Crippen molar-refractivity contribution >= 4 is 5.69 Å². The van der Waals surface area contributed by atoms with Crippen LogP contribution in [0.5, 0.6) is 5.75 Å². The molecule has 4 aliphatic rings. The average Bonchev–Trinajstić information content (AvgIpc) is 2.62. The lowest BCUT2D eigenvalue weighted by Gasteiger charge is -2.60. The Morgan fingerprint density at radius 2 is 1.58 bits per heavy atom. The third-order valence-corrected chi connectivity index (χ3v) is 6.77. The van der Waals surface area contributed by atoms with Gasteiger partial charge in [-0.1, -0.05) is 30.3 Å². The second kappa shape index (κ2) is 5.83. The fourth-order valence-electron chi connectivity index (χ4n) is 6.22. The quantitative estimate of drug-likeness (QED) is 0.553. The molecule has 6 rings (SSSR count). The summed E-state index contributed by atoms with van der Waals surface area (Å²) in [6.45, 7) is 0. The van der Waals surface area contributed by atoms with Gasteiger partial charge in [0.2, 0.25) is 0 Å². The second-order valence-electron chi connectivity index (χ2n) is 8.41. The Morgan fingerprint density at radius 3 is 2.19 bits per heavy atom. The fraction of sp³-hybridized carbons (Fsp3) is 0.455. The molecule has 0 amide bonds. The Balaban J connectivity index is 1.51. The van der Waals surface area contributed by atoms with Crippen molar-refractivity contribution in [2.45, 2.75) is 43.6 Å². The molecule has 3 unspecified atom stereocenters. The van der Waals surface area contributed by atoms with Crippen LogP contribution in [0.1, 0.15) is 43.6 Å². The molecular formula is C22H23NO3. The van der Waals surface area contributed by atoms with E-state index in [0.717, 1.165) is 30.4 Å². The smallest absolute Gasteiger partial charge is 0.269 e. The zero-order chi connectivity index (χ0) is 17.7. The molecule has 4 heteroatoms. The predicted molar refractivity (Wildman–Crippen MR) is 99.2 cm³/mol. The van der Waals surface area contributed by atoms with Crippen molar-refractivity contribution in [2.24, 2.45) is 17.8 Å². The Hall–Kier alpha value is -2.36. The molecule has 2 aromatic rings. The summed E-state index contributed by atoms with van der Waals surface area (Å²) in [6, 6.07) is 17.4. The summed E-state index contributed by atoms with van der Waals surface area (Å²) in [5, 5.41) is 10.9. The minimum absolute atomic E-state index is 0.113. The first kappa shape index (κ1) is 15.9. The zero-order valence-electron chi connectivity index (χ0n) is 14.7. The van der Waals surface area contributed by atoms with E-state index in [9.17, 15) is 10.1 Å². The van der Waals surface area contributed by atoms with E-state index in [4.69, 9.17) is 4.74 Å². The third-order valence-electron chi connectivity index (χ3n) is 6.77. The minimum Gasteiger partial charge on any atom is -0.487 e. The topological polar surface area (TPSA) is 52.4 Å². The van der Waals surface area contributed by atoms with E-state index in [1.54, 1.807) is 24.3 Å². The molecule has 0 aromatic heterocycles. The Morgan fingerprint density at radius 1 is 0.923 bits per heavy atom. The number of nitro benzene ring substituents is 1. The van der Waals surface area contributed by atoms with Gasteiger partial charge in [-0.15, -0.1) is 0 Å². The molecule has 0 spiro atoms. The number of hydrogen-bond acceptors (Lipinski definition) is 3. The van der Waals surface area contributed by atoms with Crippen LogP contribution in [0.25, 0.3) is 0 Å². The van der Waals surface area contributed by atoms with Gasteiger partial charge in [0, 0.05) is 18.1 Å². The van der Waals surface area contributed by atoms with Crippen molar-refractivity contribution in [3.8, 4) is 5.75 Å². The summed E-state index contributed by atoms with van der Waals surface area (Å²) in [4.78, 5) is 10.6. The van der Waals surface area contributed by atoms with E-state index in [1.807, 2.05) is 0 Å². The van der Waals surface area contributed by atoms with Crippen LogP contribution < -0.4 is 4.74 Å². The van der Waals surface area contributed by atoms with Crippen molar-refractivity contribution in [1.82, 2.24) is 0 Å². The highest BCUT2D eigenvalue weighted by Gasteiger charge is 2.59. The van der Waals surface area contributed by atoms with Crippen molar-refractivity contribution < 1.29 is 9.66 Å². The van der Waals surface area contributed by atoms with Gasteiger partial charge in [-0.05, 0) is 67.6 Å². The first-order chi connectivity index (χ1) is 12.6. The Kier molecular flexibility index (Phi) is 3.56. The molecule has 0 heterocycles. The summed E-state index contributed by atoms with van der Waals surface area (Å²) < 4.78 is 6.69. The van der Waals surface area contributed by atoms with Gasteiger partial charge in [0.05, 0.1) is 4.92 Å². The first-order valence-corrected chi connectivity index (χ1v) is 9.61. The van der Waals surface area contributed by atoms with Gasteiger partial charge < -0.3 is 4.74 Å². The second-order valence-corrected chi connectivity index (χ2v) is 8.41. The average molecular weight is 349 g/mol. The van der Waals surface area contributed by atoms with Crippen LogP contribution >= 0.6 is 0 Å². The van der Waals surface area contributed by atoms with E-state index in [0.29, 0.717) is 11.8 Å². The molecule has 26 heavy (non-hydrogen) atoms. The molecule has 4 saturated carbocycles. The highest BCUT2D eigenvalue weighted by molar-refractivity contribution is 5.37. The van der Waals surface area contributed by atoms with Crippen molar-refractivity contribution in [3.63, 3.8) is 0 Å². The van der Waals surface area contributed by atoms with Crippen LogP contribution in [0.4, 0.5) is 5.69 Å². The summed E-state index contributed by atoms with van der Waals surface area (Å²) >= 11 is 0. The lowest BCUT2D eigenvalue weighted by atomic mass is 9.48. The number of nitrogens with zero attached hydrogens (tertiary/aromatic N) is 1. The van der Waals surface area contributed by atoms with Crippen LogP contribution in [-0.2, 0) is 0 Å². The first-order valence-electron chi connectivity index (χ1n) is 9.61. The number of non-ortho nitro benzene ring substituents is 1. The van der Waals surface area contributed by atoms with E-state index < -0.39 is 0 Å². The summed E-state index contributed by atoms with van der Waals surface area (Å²) in [5.41, 5.74) is 1.34. The van der Waals surface area contributed by atoms with Gasteiger partial charge >= 0.3 is 0 Å². The maximum atomic E-state index is 10.9. The molecule has 0 radical (unpaired) electrons. The normalized spacial score (nSPS) is 34.6. The number of ether oxygens (including phenoxy) is 1. The zero-order valence-corrected chi connectivity index (χ0v) is 14.7. The highest BCUT2D eigenvalue weighted by atomic mass is 16.6. The molecular weight excluding hydrogens is 326 g/mol. The highest BCUT2D eigenvalue weighted by Crippen LogP contribution is 2.63. The molecule has 4 fully saturated rings. The number of hydrogen-bond donors (Lipinski definition) is 0. The summed E-state index contributed by atoms with van der Waals surface area (Å²) in [6.07, 6.45) is 6.21. The van der Waals surface area contributed by atoms with Crippen molar-refractivity contribution in [3.05, 3.63) is 70.3 Å². The van der Waals surface area contributed by atoms with Crippen LogP contribution in [0, 0.1) is 27.9 Å². The molecule has 0 N–H and O–H groups in total. The number of nitro groups is 1. The van der Waals surface area contributed by atoms with Gasteiger partial charge in [-0.25, -0.2) is 0 Å². The van der Waals surface area contributed by atoms with E-state index in [2.05, 4.69) is 30.3 Å². The van der Waals surface area contributed by atoms with Crippen LogP contribution in [-0.4, -0.2) is 10.5 Å². The van der Waals surface area contributed by atoms with Crippen LogP contribution in [0.15, 0.2) is 54.6 Å². The Labute approximate surface area is 153 Å². The molecule has 3 atom stereocenters. The molecule has 0 saturated heterocycles.